The first-order chi connectivity index (χ1) is 12.9. The van der Waals surface area contributed by atoms with E-state index in [-0.39, 0.29) is 41.6 Å². The fourth-order valence-electron chi connectivity index (χ4n) is 2.78. The molecule has 0 saturated heterocycles. The van der Waals surface area contributed by atoms with Crippen LogP contribution in [0.2, 0.25) is 0 Å². The number of rotatable bonds is 12. The Morgan fingerprint density at radius 1 is 1.14 bits per heavy atom. The van der Waals surface area contributed by atoms with Crippen molar-refractivity contribution in [2.45, 2.75) is 45.5 Å². The average Bonchev–Trinajstić information content (AvgIpc) is 2.63. The van der Waals surface area contributed by atoms with Gasteiger partial charge in [0.05, 0.1) is 17.6 Å². The Balaban J connectivity index is 0.00000729. The van der Waals surface area contributed by atoms with Gasteiger partial charge in [-0.3, -0.25) is 4.99 Å². The van der Waals surface area contributed by atoms with Gasteiger partial charge in [-0.15, -0.1) is 24.0 Å². The summed E-state index contributed by atoms with van der Waals surface area (Å²) in [6, 6.07) is 9.29. The van der Waals surface area contributed by atoms with Crippen molar-refractivity contribution in [2.24, 2.45) is 10.9 Å². The Morgan fingerprint density at radius 2 is 1.79 bits per heavy atom. The van der Waals surface area contributed by atoms with Crippen LogP contribution in [0.15, 0.2) is 35.3 Å². The van der Waals surface area contributed by atoms with Crippen LogP contribution in [0.3, 0.4) is 0 Å². The highest BCUT2D eigenvalue weighted by Crippen LogP contribution is 2.10. The molecular formula is C20H36IN3O3S. The third kappa shape index (κ3) is 11.9. The van der Waals surface area contributed by atoms with E-state index in [4.69, 9.17) is 4.74 Å². The average molecular weight is 525 g/mol. The molecule has 0 spiro atoms. The van der Waals surface area contributed by atoms with Crippen molar-refractivity contribution in [2.75, 3.05) is 32.5 Å². The summed E-state index contributed by atoms with van der Waals surface area (Å²) >= 11 is 0. The zero-order chi connectivity index (χ0) is 20.1. The molecule has 6 nitrogen and oxygen atoms in total. The molecule has 1 unspecified atom stereocenters. The Labute approximate surface area is 187 Å². The summed E-state index contributed by atoms with van der Waals surface area (Å²) < 4.78 is 30.1. The van der Waals surface area contributed by atoms with Gasteiger partial charge in [-0.25, -0.2) is 8.42 Å². The number of hydrogen-bond acceptors (Lipinski definition) is 4. The van der Waals surface area contributed by atoms with Crippen molar-refractivity contribution in [3.05, 3.63) is 35.9 Å². The van der Waals surface area contributed by atoms with Crippen LogP contribution in [0, 0.1) is 5.92 Å². The van der Waals surface area contributed by atoms with Gasteiger partial charge in [0.1, 0.15) is 0 Å². The number of hydrogen-bond donors (Lipinski definition) is 2. The van der Waals surface area contributed by atoms with Crippen LogP contribution in [0.5, 0.6) is 0 Å². The largest absolute Gasteiger partial charge is 0.378 e. The molecule has 1 aromatic carbocycles. The van der Waals surface area contributed by atoms with Crippen LogP contribution in [0.1, 0.15) is 39.2 Å². The number of guanidine groups is 1. The third-order valence-electron chi connectivity index (χ3n) is 4.22. The first-order valence-corrected chi connectivity index (χ1v) is 11.5. The molecule has 0 radical (unpaired) electrons. The molecule has 0 aliphatic rings. The minimum absolute atomic E-state index is 0. The summed E-state index contributed by atoms with van der Waals surface area (Å²) in [6.07, 6.45) is 1.67. The molecule has 0 aliphatic heterocycles. The molecule has 162 valence electrons. The van der Waals surface area contributed by atoms with Gasteiger partial charge in [-0.1, -0.05) is 44.2 Å². The molecule has 1 rings (SSSR count). The number of sulfone groups is 1. The van der Waals surface area contributed by atoms with Gasteiger partial charge in [-0.05, 0) is 31.2 Å². The van der Waals surface area contributed by atoms with Gasteiger partial charge < -0.3 is 15.4 Å². The summed E-state index contributed by atoms with van der Waals surface area (Å²) in [6.45, 7) is 8.36. The maximum atomic E-state index is 12.2. The predicted octanol–water partition coefficient (Wildman–Crippen LogP) is 3.23. The number of nitrogens with zero attached hydrogens (tertiary/aromatic N) is 1. The van der Waals surface area contributed by atoms with Crippen molar-refractivity contribution < 1.29 is 13.2 Å². The number of aliphatic imine (C=N–C) groups is 1. The van der Waals surface area contributed by atoms with Crippen LogP contribution in [0.25, 0.3) is 0 Å². The third-order valence-corrected chi connectivity index (χ3v) is 5.91. The van der Waals surface area contributed by atoms with Crippen LogP contribution in [0.4, 0.5) is 0 Å². The number of nitrogens with one attached hydrogen (secondary N) is 2. The molecule has 2 N–H and O–H groups in total. The predicted molar refractivity (Wildman–Crippen MR) is 128 cm³/mol. The summed E-state index contributed by atoms with van der Waals surface area (Å²) in [5.41, 5.74) is 0.831. The van der Waals surface area contributed by atoms with E-state index in [0.717, 1.165) is 18.5 Å². The number of halogens is 1. The Bertz CT molecular complexity index is 652. The highest BCUT2D eigenvalue weighted by molar-refractivity contribution is 14.0. The molecule has 0 heterocycles. The van der Waals surface area contributed by atoms with E-state index in [9.17, 15) is 8.42 Å². The molecule has 0 bridgehead atoms. The van der Waals surface area contributed by atoms with E-state index in [1.165, 1.54) is 0 Å². The lowest BCUT2D eigenvalue weighted by atomic mass is 10.0. The van der Waals surface area contributed by atoms with Crippen LogP contribution >= 0.6 is 24.0 Å². The highest BCUT2D eigenvalue weighted by Gasteiger charge is 2.13. The topological polar surface area (TPSA) is 79.8 Å². The van der Waals surface area contributed by atoms with Crippen LogP contribution in [-0.4, -0.2) is 53.0 Å². The van der Waals surface area contributed by atoms with Crippen molar-refractivity contribution in [1.82, 2.24) is 10.6 Å². The lowest BCUT2D eigenvalue weighted by molar-refractivity contribution is 0.0258. The second-order valence-electron chi connectivity index (χ2n) is 6.88. The molecule has 8 heteroatoms. The van der Waals surface area contributed by atoms with Crippen molar-refractivity contribution >= 4 is 39.8 Å². The molecule has 0 amide bonds. The van der Waals surface area contributed by atoms with E-state index >= 15 is 0 Å². The van der Waals surface area contributed by atoms with E-state index in [1.54, 1.807) is 7.05 Å². The second kappa shape index (κ2) is 15.0. The van der Waals surface area contributed by atoms with Crippen molar-refractivity contribution in [3.8, 4) is 0 Å². The second-order valence-corrected chi connectivity index (χ2v) is 9.07. The smallest absolute Gasteiger partial charge is 0.190 e. The molecule has 0 aromatic heterocycles. The summed E-state index contributed by atoms with van der Waals surface area (Å²) in [5.74, 6) is 1.41. The number of ether oxygens (including phenoxy) is 1. The quantitative estimate of drug-likeness (QED) is 0.190. The highest BCUT2D eigenvalue weighted by atomic mass is 127. The maximum absolute atomic E-state index is 12.2. The molecule has 0 fully saturated rings. The van der Waals surface area contributed by atoms with Gasteiger partial charge in [0.25, 0.3) is 0 Å². The zero-order valence-corrected chi connectivity index (χ0v) is 20.6. The fraction of sp³-hybridized carbons (Fsp3) is 0.650. The van der Waals surface area contributed by atoms with Gasteiger partial charge >= 0.3 is 0 Å². The zero-order valence-electron chi connectivity index (χ0n) is 17.5. The normalized spacial score (nSPS) is 13.1. The molecule has 28 heavy (non-hydrogen) atoms. The minimum Gasteiger partial charge on any atom is -0.378 e. The standard InChI is InChI=1S/C20H35N3O3S.HI/c1-5-26-19(17(2)3)12-14-23-20(21-4)22-13-9-15-27(24,25)16-18-10-7-6-8-11-18;/h6-8,10-11,17,19H,5,9,12-16H2,1-4H3,(H2,21,22,23);1H. The van der Waals surface area contributed by atoms with Gasteiger partial charge in [-0.2, -0.15) is 0 Å². The van der Waals surface area contributed by atoms with E-state index in [0.29, 0.717) is 31.4 Å². The van der Waals surface area contributed by atoms with E-state index < -0.39 is 9.84 Å². The molecule has 1 atom stereocenters. The lowest BCUT2D eigenvalue weighted by Crippen LogP contribution is -2.40. The van der Waals surface area contributed by atoms with E-state index in [2.05, 4.69) is 29.5 Å². The summed E-state index contributed by atoms with van der Waals surface area (Å²) in [7, 11) is -1.39. The van der Waals surface area contributed by atoms with Crippen LogP contribution in [-0.2, 0) is 20.3 Å². The number of benzene rings is 1. The Morgan fingerprint density at radius 3 is 2.36 bits per heavy atom. The first kappa shape index (κ1) is 27.1. The van der Waals surface area contributed by atoms with Gasteiger partial charge in [0, 0.05) is 26.7 Å². The lowest BCUT2D eigenvalue weighted by Gasteiger charge is -2.21. The Kier molecular flexibility index (Phi) is 14.6. The van der Waals surface area contributed by atoms with Gasteiger partial charge in [0.2, 0.25) is 0 Å². The molecule has 0 saturated carbocycles. The maximum Gasteiger partial charge on any atom is 0.190 e. The monoisotopic (exact) mass is 525 g/mol. The van der Waals surface area contributed by atoms with E-state index in [1.807, 2.05) is 37.3 Å². The molecular weight excluding hydrogens is 489 g/mol. The van der Waals surface area contributed by atoms with Crippen molar-refractivity contribution in [1.29, 1.82) is 0 Å². The minimum atomic E-state index is -3.10. The fourth-order valence-corrected chi connectivity index (χ4v) is 4.20. The summed E-state index contributed by atoms with van der Waals surface area (Å²) in [4.78, 5) is 4.18. The van der Waals surface area contributed by atoms with Gasteiger partial charge in [0.15, 0.2) is 15.8 Å². The van der Waals surface area contributed by atoms with Crippen LogP contribution < -0.4 is 10.6 Å². The van der Waals surface area contributed by atoms with Crippen molar-refractivity contribution in [3.63, 3.8) is 0 Å². The first-order valence-electron chi connectivity index (χ1n) is 9.68. The molecule has 0 aliphatic carbocycles. The Hall–Kier alpha value is -0.870. The summed E-state index contributed by atoms with van der Waals surface area (Å²) in [5, 5.41) is 6.43. The molecule has 1 aromatic rings. The SMILES string of the molecule is CCOC(CCNC(=NC)NCCCS(=O)(=O)Cc1ccccc1)C(C)C.I.